The number of nitrogens with one attached hydrogen (secondary N) is 2. The molecule has 1 fully saturated rings. The number of nitrogens with zero attached hydrogens (tertiary/aromatic N) is 2. The van der Waals surface area contributed by atoms with E-state index in [1.165, 1.54) is 11.8 Å². The van der Waals surface area contributed by atoms with Crippen LogP contribution in [0.1, 0.15) is 42.9 Å². The molecule has 0 radical (unpaired) electrons. The predicted molar refractivity (Wildman–Crippen MR) is 152 cm³/mol. The summed E-state index contributed by atoms with van der Waals surface area (Å²) in [6, 6.07) is 5.95. The number of hydrogen-bond donors (Lipinski definition) is 3. The van der Waals surface area contributed by atoms with Gasteiger partial charge in [0.05, 0.1) is 21.5 Å². The van der Waals surface area contributed by atoms with Gasteiger partial charge in [0.2, 0.25) is 11.8 Å². The van der Waals surface area contributed by atoms with Crippen LogP contribution in [0.2, 0.25) is 10.0 Å². The average Bonchev–Trinajstić information content (AvgIpc) is 3.36. The van der Waals surface area contributed by atoms with Gasteiger partial charge in [0.1, 0.15) is 0 Å². The number of carbonyl (C=O) groups excluding carboxylic acids is 2. The number of piperidine rings is 1. The van der Waals surface area contributed by atoms with Crippen LogP contribution in [0.25, 0.3) is 0 Å². The van der Waals surface area contributed by atoms with E-state index >= 15 is 0 Å². The van der Waals surface area contributed by atoms with Gasteiger partial charge in [-0.1, -0.05) is 53.2 Å². The smallest absolute Gasteiger partial charge is 0.230 e. The lowest BCUT2D eigenvalue weighted by atomic mass is 9.96. The number of nitrogens with two attached hydrogens (primary N) is 1. The summed E-state index contributed by atoms with van der Waals surface area (Å²) in [5.74, 6) is 0.399. The Labute approximate surface area is 235 Å². The molecule has 1 aliphatic carbocycles. The molecule has 1 aromatic carbocycles. The van der Waals surface area contributed by atoms with E-state index in [-0.39, 0.29) is 23.8 Å². The molecule has 1 saturated heterocycles. The molecule has 4 N–H and O–H groups in total. The first-order valence-electron chi connectivity index (χ1n) is 12.3. The van der Waals surface area contributed by atoms with Gasteiger partial charge in [-0.15, -0.1) is 11.3 Å². The molecular weight excluding hydrogens is 549 g/mol. The quantitative estimate of drug-likeness (QED) is 0.352. The number of rotatable bonds is 10. The summed E-state index contributed by atoms with van der Waals surface area (Å²) in [6.45, 7) is 3.00. The van der Waals surface area contributed by atoms with E-state index < -0.39 is 0 Å². The summed E-state index contributed by atoms with van der Waals surface area (Å²) in [6.07, 6.45) is 8.95. The zero-order valence-electron chi connectivity index (χ0n) is 20.4. The molecule has 37 heavy (non-hydrogen) atoms. The van der Waals surface area contributed by atoms with Crippen LogP contribution in [0.3, 0.4) is 0 Å². The molecule has 1 unspecified atom stereocenters. The van der Waals surface area contributed by atoms with E-state index in [0.717, 1.165) is 60.2 Å². The number of likely N-dealkylation sites (tertiary alicyclic amines) is 1. The average molecular weight is 581 g/mol. The van der Waals surface area contributed by atoms with Gasteiger partial charge in [0.15, 0.2) is 4.34 Å². The number of amides is 2. The van der Waals surface area contributed by atoms with Crippen LogP contribution in [0.4, 0.5) is 0 Å². The largest absolute Gasteiger partial charge is 0.353 e. The summed E-state index contributed by atoms with van der Waals surface area (Å²) in [7, 11) is 0. The summed E-state index contributed by atoms with van der Waals surface area (Å²) in [5.41, 5.74) is 8.33. The number of aromatic nitrogens is 1. The lowest BCUT2D eigenvalue weighted by Gasteiger charge is -2.32. The third kappa shape index (κ3) is 8.56. The van der Waals surface area contributed by atoms with Crippen LogP contribution in [0.15, 0.2) is 51.8 Å². The molecule has 1 aromatic heterocycles. The van der Waals surface area contributed by atoms with Gasteiger partial charge in [0.25, 0.3) is 0 Å². The van der Waals surface area contributed by atoms with Crippen molar-refractivity contribution in [2.75, 3.05) is 25.4 Å². The Morgan fingerprint density at radius 2 is 2.00 bits per heavy atom. The Balaban J connectivity index is 1.18. The van der Waals surface area contributed by atoms with Crippen molar-refractivity contribution in [3.05, 3.63) is 68.8 Å². The first-order valence-corrected chi connectivity index (χ1v) is 14.9. The van der Waals surface area contributed by atoms with Crippen LogP contribution in [-0.2, 0) is 16.1 Å². The van der Waals surface area contributed by atoms with Crippen molar-refractivity contribution in [2.24, 2.45) is 5.73 Å². The highest BCUT2D eigenvalue weighted by atomic mass is 35.5. The lowest BCUT2D eigenvalue weighted by Crippen LogP contribution is -2.44. The lowest BCUT2D eigenvalue weighted by molar-refractivity contribution is -0.120. The predicted octanol–water partition coefficient (Wildman–Crippen LogP) is 4.72. The first kappa shape index (κ1) is 28.1. The van der Waals surface area contributed by atoms with Crippen molar-refractivity contribution < 1.29 is 9.59 Å². The Kier molecular flexibility index (Phi) is 10.5. The maximum absolute atomic E-state index is 12.6. The molecule has 2 aliphatic rings. The molecule has 0 spiro atoms. The summed E-state index contributed by atoms with van der Waals surface area (Å²) >= 11 is 15.2. The molecule has 198 valence electrons. The molecule has 7 nitrogen and oxygen atoms in total. The standard InChI is InChI=1S/C26H31Cl2N5O2S2/c27-21-5-4-17(12-22(21)28)14-33-10-7-19(8-11-33)30-25(35)16-37-26-32-23(15-36-26)18-2-1-3-20(13-18)31-24(34)6-9-29/h1,3-5,12-13,15,18-19H,2,6-11,14,16,29H2,(H,30,35)(H,31,34). The van der Waals surface area contributed by atoms with Gasteiger partial charge in [-0.25, -0.2) is 4.98 Å². The fourth-order valence-corrected chi connectivity index (χ4v) is 6.39. The highest BCUT2D eigenvalue weighted by Crippen LogP contribution is 2.31. The van der Waals surface area contributed by atoms with Gasteiger partial charge >= 0.3 is 0 Å². The minimum atomic E-state index is -0.0864. The van der Waals surface area contributed by atoms with Crippen molar-refractivity contribution in [3.8, 4) is 0 Å². The Morgan fingerprint density at radius 1 is 1.19 bits per heavy atom. The van der Waals surface area contributed by atoms with Gasteiger partial charge in [-0.05, 0) is 43.0 Å². The Morgan fingerprint density at radius 3 is 2.76 bits per heavy atom. The SMILES string of the molecule is NCCC(=O)NC1=CC(c2csc(SCC(=O)NC3CCN(Cc4ccc(Cl)c(Cl)c4)CC3)n2)CC=C1. The van der Waals surface area contributed by atoms with E-state index in [9.17, 15) is 9.59 Å². The second-order valence-corrected chi connectivity index (χ2v) is 12.0. The number of thiazole rings is 1. The van der Waals surface area contributed by atoms with E-state index in [4.69, 9.17) is 33.9 Å². The number of hydrogen-bond acceptors (Lipinski definition) is 7. The third-order valence-corrected chi connectivity index (χ3v) is 9.05. The molecule has 11 heteroatoms. The maximum Gasteiger partial charge on any atom is 0.230 e. The monoisotopic (exact) mass is 579 g/mol. The normalized spacial score (nSPS) is 18.5. The van der Waals surface area contributed by atoms with E-state index in [1.54, 1.807) is 11.3 Å². The van der Waals surface area contributed by atoms with Crippen molar-refractivity contribution >= 4 is 58.1 Å². The molecule has 0 saturated carbocycles. The van der Waals surface area contributed by atoms with E-state index in [2.05, 4.69) is 15.5 Å². The van der Waals surface area contributed by atoms with Crippen molar-refractivity contribution in [1.82, 2.24) is 20.5 Å². The van der Waals surface area contributed by atoms with Crippen molar-refractivity contribution in [3.63, 3.8) is 0 Å². The number of halogens is 2. The number of carbonyl (C=O) groups is 2. The zero-order valence-corrected chi connectivity index (χ0v) is 23.6. The van der Waals surface area contributed by atoms with Crippen LogP contribution in [0, 0.1) is 0 Å². The van der Waals surface area contributed by atoms with Crippen LogP contribution in [0.5, 0.6) is 0 Å². The van der Waals surface area contributed by atoms with Gasteiger partial charge < -0.3 is 16.4 Å². The second kappa shape index (κ2) is 13.8. The first-order chi connectivity index (χ1) is 17.9. The van der Waals surface area contributed by atoms with E-state index in [1.807, 2.05) is 41.8 Å². The summed E-state index contributed by atoms with van der Waals surface area (Å²) in [4.78, 5) is 31.5. The second-order valence-electron chi connectivity index (χ2n) is 9.15. The highest BCUT2D eigenvalue weighted by molar-refractivity contribution is 8.01. The van der Waals surface area contributed by atoms with Crippen molar-refractivity contribution in [2.45, 2.75) is 48.5 Å². The van der Waals surface area contributed by atoms with Crippen LogP contribution < -0.4 is 16.4 Å². The highest BCUT2D eigenvalue weighted by Gasteiger charge is 2.22. The summed E-state index contributed by atoms with van der Waals surface area (Å²) in [5, 5.41) is 9.24. The minimum Gasteiger partial charge on any atom is -0.353 e. The molecule has 0 bridgehead atoms. The van der Waals surface area contributed by atoms with Gasteiger partial charge in [0, 0.05) is 55.6 Å². The van der Waals surface area contributed by atoms with Crippen LogP contribution in [-0.4, -0.2) is 53.1 Å². The molecule has 4 rings (SSSR count). The third-order valence-electron chi connectivity index (χ3n) is 6.27. The molecular formula is C26H31Cl2N5O2S2. The van der Waals surface area contributed by atoms with Crippen molar-refractivity contribution in [1.29, 1.82) is 0 Å². The molecule has 2 heterocycles. The fourth-order valence-electron chi connectivity index (χ4n) is 4.36. The number of allylic oxidation sites excluding steroid dienone is 3. The van der Waals surface area contributed by atoms with E-state index in [0.29, 0.717) is 28.8 Å². The Hall–Kier alpha value is -1.88. The topological polar surface area (TPSA) is 100 Å². The number of benzene rings is 1. The summed E-state index contributed by atoms with van der Waals surface area (Å²) < 4.78 is 0.873. The molecule has 2 amide bonds. The molecule has 1 atom stereocenters. The minimum absolute atomic E-state index is 0.0371. The molecule has 1 aliphatic heterocycles. The molecule has 2 aromatic rings. The fraction of sp³-hybridized carbons (Fsp3) is 0.423. The Bertz CT molecular complexity index is 1160. The number of thioether (sulfide) groups is 1. The van der Waals surface area contributed by atoms with Crippen LogP contribution >= 0.6 is 46.3 Å². The zero-order chi connectivity index (χ0) is 26.2. The maximum atomic E-state index is 12.6. The van der Waals surface area contributed by atoms with Gasteiger partial charge in [-0.3, -0.25) is 14.5 Å². The van der Waals surface area contributed by atoms with Gasteiger partial charge in [-0.2, -0.15) is 0 Å².